The first kappa shape index (κ1) is 19.5. The van der Waals surface area contributed by atoms with Crippen LogP contribution >= 0.6 is 0 Å². The Bertz CT molecular complexity index is 971. The number of amides is 1. The number of para-hydroxylation sites is 2. The number of carbonyl (C=O) groups excluding carboxylic acids is 2. The average Bonchev–Trinajstić information content (AvgIpc) is 2.71. The topological polar surface area (TPSA) is 98.0 Å². The van der Waals surface area contributed by atoms with E-state index in [1.165, 1.54) is 0 Å². The molecular formula is C22H24N4O2. The van der Waals surface area contributed by atoms with Gasteiger partial charge >= 0.3 is 0 Å². The molecule has 3 rings (SSSR count). The Hall–Kier alpha value is -3.28. The monoisotopic (exact) mass is 376 g/mol. The number of aromatic nitrogens is 2. The number of anilines is 2. The fraction of sp³-hybridized carbons (Fsp3) is 0.273. The zero-order chi connectivity index (χ0) is 19.8. The van der Waals surface area contributed by atoms with Gasteiger partial charge in [-0.15, -0.1) is 0 Å². The van der Waals surface area contributed by atoms with Gasteiger partial charge in [0.1, 0.15) is 0 Å². The maximum Gasteiger partial charge on any atom is 0.224 e. The number of ketones is 1. The number of carbonyl (C=O) groups is 2. The molecule has 0 radical (unpaired) electrons. The largest absolute Gasteiger partial charge is 0.397 e. The molecule has 3 N–H and O–H groups in total. The van der Waals surface area contributed by atoms with E-state index in [1.807, 2.05) is 18.2 Å². The third-order valence-electron chi connectivity index (χ3n) is 4.58. The molecule has 0 aliphatic heterocycles. The predicted octanol–water partition coefficient (Wildman–Crippen LogP) is 4.37. The highest BCUT2D eigenvalue weighted by molar-refractivity contribution is 5.98. The lowest BCUT2D eigenvalue weighted by Crippen LogP contribution is -2.12. The number of nitrogens with one attached hydrogen (secondary N) is 1. The Morgan fingerprint density at radius 2 is 1.57 bits per heavy atom. The summed E-state index contributed by atoms with van der Waals surface area (Å²) in [5.74, 6) is 0.0797. The molecule has 28 heavy (non-hydrogen) atoms. The van der Waals surface area contributed by atoms with Crippen LogP contribution in [-0.2, 0) is 4.79 Å². The quantitative estimate of drug-likeness (QED) is 0.328. The molecular weight excluding hydrogens is 352 g/mol. The molecule has 0 atom stereocenters. The van der Waals surface area contributed by atoms with Gasteiger partial charge in [-0.25, -0.2) is 0 Å². The van der Waals surface area contributed by atoms with E-state index in [4.69, 9.17) is 5.73 Å². The second-order valence-corrected chi connectivity index (χ2v) is 6.73. The average molecular weight is 376 g/mol. The third-order valence-corrected chi connectivity index (χ3v) is 4.58. The number of Topliss-reactive ketones (excluding diaryl/α,β-unsaturated/α-hetero) is 1. The maximum atomic E-state index is 12.3. The van der Waals surface area contributed by atoms with Crippen LogP contribution in [0, 0.1) is 0 Å². The van der Waals surface area contributed by atoms with Gasteiger partial charge in [0.15, 0.2) is 5.78 Å². The van der Waals surface area contributed by atoms with Crippen LogP contribution in [0.5, 0.6) is 0 Å². The molecule has 6 heteroatoms. The number of hydrogen-bond acceptors (Lipinski definition) is 5. The van der Waals surface area contributed by atoms with Gasteiger partial charge in [-0.1, -0.05) is 25.0 Å². The summed E-state index contributed by atoms with van der Waals surface area (Å²) in [7, 11) is 0. The van der Waals surface area contributed by atoms with E-state index < -0.39 is 0 Å². The van der Waals surface area contributed by atoms with E-state index in [0.717, 1.165) is 36.7 Å². The predicted molar refractivity (Wildman–Crippen MR) is 111 cm³/mol. The van der Waals surface area contributed by atoms with E-state index >= 15 is 0 Å². The van der Waals surface area contributed by atoms with Gasteiger partial charge in [0.25, 0.3) is 0 Å². The minimum absolute atomic E-state index is 0.0359. The first-order valence-electron chi connectivity index (χ1n) is 9.52. The molecule has 144 valence electrons. The van der Waals surface area contributed by atoms with Gasteiger partial charge in [0, 0.05) is 30.8 Å². The Morgan fingerprint density at radius 3 is 2.36 bits per heavy atom. The molecule has 0 saturated heterocycles. The molecule has 3 aromatic rings. The van der Waals surface area contributed by atoms with Crippen molar-refractivity contribution in [3.63, 3.8) is 0 Å². The number of fused-ring (bicyclic) bond motifs is 1. The number of benzene rings is 2. The van der Waals surface area contributed by atoms with E-state index in [-0.39, 0.29) is 11.7 Å². The highest BCUT2D eigenvalue weighted by atomic mass is 16.1. The summed E-state index contributed by atoms with van der Waals surface area (Å²) in [5.41, 5.74) is 9.23. The van der Waals surface area contributed by atoms with Crippen molar-refractivity contribution in [1.29, 1.82) is 0 Å². The summed E-state index contributed by atoms with van der Waals surface area (Å²) < 4.78 is 0. The minimum Gasteiger partial charge on any atom is -0.397 e. The van der Waals surface area contributed by atoms with Crippen LogP contribution in [0.4, 0.5) is 11.4 Å². The van der Waals surface area contributed by atoms with E-state index in [9.17, 15) is 9.59 Å². The van der Waals surface area contributed by atoms with Crippen LogP contribution in [0.3, 0.4) is 0 Å². The Morgan fingerprint density at radius 1 is 0.857 bits per heavy atom. The Balaban J connectivity index is 1.34. The lowest BCUT2D eigenvalue weighted by molar-refractivity contribution is -0.116. The molecule has 0 aliphatic rings. The van der Waals surface area contributed by atoms with E-state index in [0.29, 0.717) is 29.8 Å². The summed E-state index contributed by atoms with van der Waals surface area (Å²) in [6.07, 6.45) is 7.64. The molecule has 0 unspecified atom stereocenters. The molecule has 1 heterocycles. The second kappa shape index (κ2) is 9.60. The molecule has 0 aliphatic carbocycles. The zero-order valence-electron chi connectivity index (χ0n) is 15.7. The first-order chi connectivity index (χ1) is 13.6. The van der Waals surface area contributed by atoms with Crippen LogP contribution in [0.2, 0.25) is 0 Å². The molecule has 2 aromatic carbocycles. The highest BCUT2D eigenvalue weighted by Crippen LogP contribution is 2.18. The smallest absolute Gasteiger partial charge is 0.224 e. The molecule has 6 nitrogen and oxygen atoms in total. The zero-order valence-corrected chi connectivity index (χ0v) is 15.7. The number of unbranched alkanes of at least 4 members (excludes halogenated alkanes) is 3. The fourth-order valence-corrected chi connectivity index (χ4v) is 3.03. The minimum atomic E-state index is -0.0359. The maximum absolute atomic E-state index is 12.3. The molecule has 0 bridgehead atoms. The van der Waals surface area contributed by atoms with Crippen LogP contribution in [0.25, 0.3) is 11.0 Å². The van der Waals surface area contributed by atoms with Crippen molar-refractivity contribution in [3.05, 3.63) is 60.4 Å². The van der Waals surface area contributed by atoms with Crippen molar-refractivity contribution < 1.29 is 9.59 Å². The van der Waals surface area contributed by atoms with Crippen LogP contribution in [0.15, 0.2) is 54.9 Å². The second-order valence-electron chi connectivity index (χ2n) is 6.73. The molecule has 0 fully saturated rings. The van der Waals surface area contributed by atoms with Crippen LogP contribution in [-0.4, -0.2) is 21.7 Å². The van der Waals surface area contributed by atoms with Gasteiger partial charge in [0.2, 0.25) is 5.91 Å². The first-order valence-corrected chi connectivity index (χ1v) is 9.52. The number of nitrogens with two attached hydrogens (primary N) is 1. The normalized spacial score (nSPS) is 10.7. The summed E-state index contributed by atoms with van der Waals surface area (Å²) in [5, 5.41) is 2.83. The van der Waals surface area contributed by atoms with Gasteiger partial charge in [-0.3, -0.25) is 19.6 Å². The van der Waals surface area contributed by atoms with Gasteiger partial charge in [0.05, 0.1) is 22.4 Å². The van der Waals surface area contributed by atoms with Crippen molar-refractivity contribution in [1.82, 2.24) is 9.97 Å². The number of nitrogen functional groups attached to an aromatic ring is 1. The fourth-order valence-electron chi connectivity index (χ4n) is 3.03. The van der Waals surface area contributed by atoms with Crippen LogP contribution in [0.1, 0.15) is 48.9 Å². The number of hydrogen-bond donors (Lipinski definition) is 2. The summed E-state index contributed by atoms with van der Waals surface area (Å²) >= 11 is 0. The number of rotatable bonds is 9. The summed E-state index contributed by atoms with van der Waals surface area (Å²) in [4.78, 5) is 32.8. The van der Waals surface area contributed by atoms with E-state index in [2.05, 4.69) is 15.3 Å². The lowest BCUT2D eigenvalue weighted by atomic mass is 10.0. The van der Waals surface area contributed by atoms with Crippen molar-refractivity contribution in [2.45, 2.75) is 38.5 Å². The van der Waals surface area contributed by atoms with Crippen molar-refractivity contribution in [2.24, 2.45) is 0 Å². The summed E-state index contributed by atoms with van der Waals surface area (Å²) in [6, 6.07) is 12.6. The van der Waals surface area contributed by atoms with Crippen molar-refractivity contribution in [2.75, 3.05) is 11.1 Å². The SMILES string of the molecule is Nc1ccccc1NC(=O)CCCCCCC(=O)c1ccc2nccnc2c1. The highest BCUT2D eigenvalue weighted by Gasteiger charge is 2.08. The lowest BCUT2D eigenvalue weighted by Gasteiger charge is -2.07. The third kappa shape index (κ3) is 5.36. The summed E-state index contributed by atoms with van der Waals surface area (Å²) in [6.45, 7) is 0. The van der Waals surface area contributed by atoms with Gasteiger partial charge < -0.3 is 11.1 Å². The standard InChI is InChI=1S/C22H24N4O2/c23-17-7-5-6-8-18(17)26-22(28)10-4-2-1-3-9-21(27)16-11-12-19-20(15-16)25-14-13-24-19/h5-8,11-15H,1-4,9-10,23H2,(H,26,28). The van der Waals surface area contributed by atoms with Crippen molar-refractivity contribution >= 4 is 34.1 Å². The Kier molecular flexibility index (Phi) is 6.68. The van der Waals surface area contributed by atoms with Crippen LogP contribution < -0.4 is 11.1 Å². The van der Waals surface area contributed by atoms with E-state index in [1.54, 1.807) is 36.7 Å². The van der Waals surface area contributed by atoms with Crippen molar-refractivity contribution in [3.8, 4) is 0 Å². The molecule has 0 spiro atoms. The molecule has 1 aromatic heterocycles. The number of nitrogens with zero attached hydrogens (tertiary/aromatic N) is 2. The Labute approximate surface area is 164 Å². The van der Waals surface area contributed by atoms with Gasteiger partial charge in [-0.05, 0) is 43.2 Å². The molecule has 1 amide bonds. The molecule has 0 saturated carbocycles. The van der Waals surface area contributed by atoms with Gasteiger partial charge in [-0.2, -0.15) is 0 Å².